The molecule has 0 unspecified atom stereocenters. The number of nitrogens with two attached hydrogens (primary N) is 1. The summed E-state index contributed by atoms with van der Waals surface area (Å²) in [6.45, 7) is 5.65. The van der Waals surface area contributed by atoms with Crippen LogP contribution in [0.15, 0.2) is 29.3 Å². The number of nitrogens with zero attached hydrogens (tertiary/aromatic N) is 1. The first-order valence-corrected chi connectivity index (χ1v) is 8.58. The first kappa shape index (κ1) is 19.2. The molecule has 0 atom stereocenters. The van der Waals surface area contributed by atoms with E-state index in [9.17, 15) is 4.79 Å². The van der Waals surface area contributed by atoms with Crippen LogP contribution in [0.25, 0.3) is 0 Å². The third kappa shape index (κ3) is 7.78. The van der Waals surface area contributed by atoms with Crippen molar-refractivity contribution in [3.8, 4) is 5.75 Å². The summed E-state index contributed by atoms with van der Waals surface area (Å²) in [4.78, 5) is 15.0. The standard InChI is InChI=1S/C16H26N4O2S/c1-16(2,23-4)11-20-15(18-3)19-9-12-6-5-7-13(8-12)22-10-14(17)21/h5-8H,9-11H2,1-4H3,(H2,17,21)(H2,18,19,20). The Morgan fingerprint density at radius 1 is 1.39 bits per heavy atom. The highest BCUT2D eigenvalue weighted by atomic mass is 32.2. The van der Waals surface area contributed by atoms with Gasteiger partial charge in [-0.25, -0.2) is 0 Å². The van der Waals surface area contributed by atoms with Gasteiger partial charge in [-0.3, -0.25) is 9.79 Å². The van der Waals surface area contributed by atoms with E-state index in [2.05, 4.69) is 35.7 Å². The second kappa shape index (κ2) is 9.29. The van der Waals surface area contributed by atoms with Crippen LogP contribution in [0.5, 0.6) is 5.75 Å². The molecule has 0 saturated heterocycles. The Morgan fingerprint density at radius 3 is 2.74 bits per heavy atom. The topological polar surface area (TPSA) is 88.7 Å². The van der Waals surface area contributed by atoms with Crippen LogP contribution in [-0.4, -0.2) is 43.1 Å². The number of ether oxygens (including phenoxy) is 1. The molecule has 1 aromatic carbocycles. The maximum atomic E-state index is 10.7. The number of amides is 1. The molecule has 0 spiro atoms. The summed E-state index contributed by atoms with van der Waals surface area (Å²) in [6, 6.07) is 7.51. The Labute approximate surface area is 142 Å². The van der Waals surface area contributed by atoms with E-state index >= 15 is 0 Å². The van der Waals surface area contributed by atoms with Gasteiger partial charge in [0.2, 0.25) is 0 Å². The number of hydrogen-bond donors (Lipinski definition) is 3. The number of carbonyl (C=O) groups excluding carboxylic acids is 1. The van der Waals surface area contributed by atoms with Gasteiger partial charge in [0.15, 0.2) is 12.6 Å². The predicted octanol–water partition coefficient (Wildman–Crippen LogP) is 1.36. The van der Waals surface area contributed by atoms with Crippen molar-refractivity contribution in [3.63, 3.8) is 0 Å². The molecule has 0 aromatic heterocycles. The molecule has 0 aliphatic rings. The fourth-order valence-corrected chi connectivity index (χ4v) is 1.89. The minimum Gasteiger partial charge on any atom is -0.484 e. The number of benzene rings is 1. The summed E-state index contributed by atoms with van der Waals surface area (Å²) in [5.41, 5.74) is 6.10. The second-order valence-corrected chi connectivity index (χ2v) is 7.16. The van der Waals surface area contributed by atoms with Gasteiger partial charge < -0.3 is 21.1 Å². The van der Waals surface area contributed by atoms with Crippen LogP contribution in [0.2, 0.25) is 0 Å². The molecule has 0 radical (unpaired) electrons. The zero-order valence-electron chi connectivity index (χ0n) is 14.2. The van der Waals surface area contributed by atoms with E-state index in [4.69, 9.17) is 10.5 Å². The molecule has 0 bridgehead atoms. The van der Waals surface area contributed by atoms with E-state index in [0.29, 0.717) is 12.3 Å². The van der Waals surface area contributed by atoms with E-state index in [-0.39, 0.29) is 11.4 Å². The van der Waals surface area contributed by atoms with Gasteiger partial charge in [0.05, 0.1) is 0 Å². The molecule has 4 N–H and O–H groups in total. The van der Waals surface area contributed by atoms with Gasteiger partial charge in [-0.1, -0.05) is 12.1 Å². The number of nitrogens with one attached hydrogen (secondary N) is 2. The zero-order chi connectivity index (χ0) is 17.3. The Kier molecular flexibility index (Phi) is 7.74. The summed E-state index contributed by atoms with van der Waals surface area (Å²) in [7, 11) is 1.74. The predicted molar refractivity (Wildman–Crippen MR) is 96.9 cm³/mol. The van der Waals surface area contributed by atoms with Gasteiger partial charge >= 0.3 is 0 Å². The molecule has 0 heterocycles. The van der Waals surface area contributed by atoms with Crippen molar-refractivity contribution in [2.45, 2.75) is 25.1 Å². The minimum absolute atomic E-state index is 0.121. The Hall–Kier alpha value is -1.89. The van der Waals surface area contributed by atoms with Crippen molar-refractivity contribution in [1.82, 2.24) is 10.6 Å². The molecule has 1 aromatic rings. The summed E-state index contributed by atoms with van der Waals surface area (Å²) in [5.74, 6) is 0.875. The highest BCUT2D eigenvalue weighted by molar-refractivity contribution is 7.99. The van der Waals surface area contributed by atoms with Gasteiger partial charge in [-0.05, 0) is 37.8 Å². The fraction of sp³-hybridized carbons (Fsp3) is 0.500. The van der Waals surface area contributed by atoms with Crippen molar-refractivity contribution >= 4 is 23.6 Å². The van der Waals surface area contributed by atoms with Crippen LogP contribution >= 0.6 is 11.8 Å². The molecule has 0 aliphatic heterocycles. The minimum atomic E-state index is -0.491. The molecule has 1 amide bonds. The lowest BCUT2D eigenvalue weighted by molar-refractivity contribution is -0.119. The molecule has 6 nitrogen and oxygen atoms in total. The van der Waals surface area contributed by atoms with Gasteiger partial charge in [-0.2, -0.15) is 11.8 Å². The molecule has 0 aliphatic carbocycles. The van der Waals surface area contributed by atoms with Crippen LogP contribution in [-0.2, 0) is 11.3 Å². The molecule has 7 heteroatoms. The average Bonchev–Trinajstić information content (AvgIpc) is 2.53. The van der Waals surface area contributed by atoms with Gasteiger partial charge in [0.1, 0.15) is 5.75 Å². The number of carbonyl (C=O) groups is 1. The van der Waals surface area contributed by atoms with Crippen LogP contribution in [0.1, 0.15) is 19.4 Å². The van der Waals surface area contributed by atoms with Crippen molar-refractivity contribution in [1.29, 1.82) is 0 Å². The fourth-order valence-electron chi connectivity index (χ4n) is 1.67. The highest BCUT2D eigenvalue weighted by Crippen LogP contribution is 2.19. The first-order valence-electron chi connectivity index (χ1n) is 7.36. The quantitative estimate of drug-likeness (QED) is 0.492. The van der Waals surface area contributed by atoms with E-state index in [1.807, 2.05) is 18.2 Å². The van der Waals surface area contributed by atoms with Crippen molar-refractivity contribution in [3.05, 3.63) is 29.8 Å². The molecule has 0 saturated carbocycles. The Balaban J connectivity index is 2.52. The first-order chi connectivity index (χ1) is 10.9. The molecule has 23 heavy (non-hydrogen) atoms. The van der Waals surface area contributed by atoms with Crippen LogP contribution < -0.4 is 21.1 Å². The number of rotatable bonds is 8. The van der Waals surface area contributed by atoms with E-state index in [1.54, 1.807) is 24.9 Å². The van der Waals surface area contributed by atoms with Crippen LogP contribution in [0, 0.1) is 0 Å². The lowest BCUT2D eigenvalue weighted by Gasteiger charge is -2.23. The summed E-state index contributed by atoms with van der Waals surface area (Å²) in [5, 5.41) is 6.57. The lowest BCUT2D eigenvalue weighted by atomic mass is 10.2. The highest BCUT2D eigenvalue weighted by Gasteiger charge is 2.16. The third-order valence-electron chi connectivity index (χ3n) is 3.20. The summed E-state index contributed by atoms with van der Waals surface area (Å²) >= 11 is 1.80. The van der Waals surface area contributed by atoms with E-state index in [1.165, 1.54) is 0 Å². The molecular weight excluding hydrogens is 312 g/mol. The summed E-state index contributed by atoms with van der Waals surface area (Å²) < 4.78 is 5.44. The van der Waals surface area contributed by atoms with E-state index < -0.39 is 5.91 Å². The average molecular weight is 338 g/mol. The van der Waals surface area contributed by atoms with Crippen molar-refractivity contribution in [2.75, 3.05) is 26.5 Å². The molecule has 128 valence electrons. The summed E-state index contributed by atoms with van der Waals surface area (Å²) in [6.07, 6.45) is 2.09. The molecular formula is C16H26N4O2S. The second-order valence-electron chi connectivity index (χ2n) is 5.65. The maximum absolute atomic E-state index is 10.7. The Morgan fingerprint density at radius 2 is 2.13 bits per heavy atom. The van der Waals surface area contributed by atoms with Crippen LogP contribution in [0.4, 0.5) is 0 Å². The lowest BCUT2D eigenvalue weighted by Crippen LogP contribution is -2.42. The largest absolute Gasteiger partial charge is 0.484 e. The Bertz CT molecular complexity index is 547. The molecule has 1 rings (SSSR count). The number of thioether (sulfide) groups is 1. The van der Waals surface area contributed by atoms with Gasteiger partial charge in [0, 0.05) is 24.9 Å². The number of aliphatic imine (C=N–C) groups is 1. The number of guanidine groups is 1. The third-order valence-corrected chi connectivity index (χ3v) is 4.45. The van der Waals surface area contributed by atoms with Crippen molar-refractivity contribution < 1.29 is 9.53 Å². The van der Waals surface area contributed by atoms with Gasteiger partial charge in [0.25, 0.3) is 5.91 Å². The SMILES string of the molecule is CN=C(NCc1cccc(OCC(N)=O)c1)NCC(C)(C)SC. The van der Waals surface area contributed by atoms with Gasteiger partial charge in [-0.15, -0.1) is 0 Å². The van der Waals surface area contributed by atoms with Crippen LogP contribution in [0.3, 0.4) is 0 Å². The monoisotopic (exact) mass is 338 g/mol. The normalized spacial score (nSPS) is 11.9. The van der Waals surface area contributed by atoms with Crippen molar-refractivity contribution in [2.24, 2.45) is 10.7 Å². The van der Waals surface area contributed by atoms with E-state index in [0.717, 1.165) is 18.1 Å². The molecule has 0 fully saturated rings. The zero-order valence-corrected chi connectivity index (χ0v) is 15.0. The number of primary amides is 1. The maximum Gasteiger partial charge on any atom is 0.255 e. The smallest absolute Gasteiger partial charge is 0.255 e. The number of hydrogen-bond acceptors (Lipinski definition) is 4.